The summed E-state index contributed by atoms with van der Waals surface area (Å²) in [6, 6.07) is 0. The molecule has 0 aromatic carbocycles. The van der Waals surface area contributed by atoms with Gasteiger partial charge in [0.1, 0.15) is 0 Å². The van der Waals surface area contributed by atoms with Gasteiger partial charge in [0.15, 0.2) is 0 Å². The topological polar surface area (TPSA) is 37.3 Å². The molecule has 0 atom stereocenters. The number of hydrogen-bond donors (Lipinski definition) is 1. The predicted octanol–water partition coefficient (Wildman–Crippen LogP) is 5.55. The summed E-state index contributed by atoms with van der Waals surface area (Å²) >= 11 is 0. The molecule has 2 heteroatoms. The van der Waals surface area contributed by atoms with Crippen molar-refractivity contribution < 1.29 is 16.8 Å². The zero-order valence-electron chi connectivity index (χ0n) is 16.5. The van der Waals surface area contributed by atoms with E-state index in [1.165, 1.54) is 25.7 Å². The quantitative estimate of drug-likeness (QED) is 0.416. The fourth-order valence-corrected chi connectivity index (χ4v) is 2.08. The molecule has 0 spiro atoms. The van der Waals surface area contributed by atoms with Gasteiger partial charge in [0, 0.05) is 13.3 Å². The lowest BCUT2D eigenvalue weighted by Gasteiger charge is -2.02. The first-order valence-corrected chi connectivity index (χ1v) is 7.38. The van der Waals surface area contributed by atoms with E-state index in [2.05, 4.69) is 0 Å². The summed E-state index contributed by atoms with van der Waals surface area (Å²) in [5, 5.41) is 8.51. The highest BCUT2D eigenvalue weighted by Gasteiger charge is 1.96. The molecule has 0 aromatic heterocycles. The smallest absolute Gasteiger partial charge is 0.303 e. The van der Waals surface area contributed by atoms with Gasteiger partial charge in [-0.1, -0.05) is 83.9 Å². The lowest BCUT2D eigenvalue weighted by molar-refractivity contribution is -0.137. The molecule has 0 fully saturated rings. The second-order valence-electron chi connectivity index (χ2n) is 4.96. The lowest BCUT2D eigenvalue weighted by atomic mass is 10.0. The Balaban J connectivity index is 3.30. The van der Waals surface area contributed by atoms with Crippen LogP contribution in [0.1, 0.15) is 104 Å². The zero-order valence-corrected chi connectivity index (χ0v) is 11.5. The second kappa shape index (κ2) is 14.5. The van der Waals surface area contributed by atoms with E-state index in [-0.39, 0.29) is 12.8 Å². The van der Waals surface area contributed by atoms with Crippen molar-refractivity contribution in [3.8, 4) is 0 Å². The Hall–Kier alpha value is -0.530. The van der Waals surface area contributed by atoms with Gasteiger partial charge in [0.25, 0.3) is 0 Å². The van der Waals surface area contributed by atoms with Gasteiger partial charge in [-0.15, -0.1) is 0 Å². The van der Waals surface area contributed by atoms with Crippen molar-refractivity contribution in [3.05, 3.63) is 0 Å². The second-order valence-corrected chi connectivity index (χ2v) is 4.96. The fraction of sp³-hybridized carbons (Fsp3) is 0.938. The highest BCUT2D eigenvalue weighted by Crippen LogP contribution is 2.12. The van der Waals surface area contributed by atoms with E-state index in [1.807, 2.05) is 0 Å². The van der Waals surface area contributed by atoms with Crippen LogP contribution in [0.5, 0.6) is 0 Å². The largest absolute Gasteiger partial charge is 0.481 e. The molecule has 0 amide bonds. The first-order valence-electron chi connectivity index (χ1n) is 9.88. The molecular weight excluding hydrogens is 224 g/mol. The van der Waals surface area contributed by atoms with Gasteiger partial charge in [-0.2, -0.15) is 0 Å². The molecule has 0 bridgehead atoms. The minimum Gasteiger partial charge on any atom is -0.481 e. The zero-order chi connectivity index (χ0) is 17.8. The number of aliphatic carboxylic acids is 1. The fourth-order valence-electron chi connectivity index (χ4n) is 2.08. The van der Waals surface area contributed by atoms with Crippen LogP contribution < -0.4 is 0 Å². The SMILES string of the molecule is [2H]C([2H])([2H])C([2H])([2H])CCCCCCCCCCCCCC(=O)O. The van der Waals surface area contributed by atoms with Gasteiger partial charge < -0.3 is 5.11 Å². The number of hydrogen-bond acceptors (Lipinski definition) is 1. The molecule has 1 N–H and O–H groups in total. The third-order valence-corrected chi connectivity index (χ3v) is 3.19. The first-order chi connectivity index (χ1) is 10.7. The average Bonchev–Trinajstić information content (AvgIpc) is 2.42. The van der Waals surface area contributed by atoms with Crippen LogP contribution in [0.2, 0.25) is 0 Å². The van der Waals surface area contributed by atoms with Crippen LogP contribution >= 0.6 is 0 Å². The van der Waals surface area contributed by atoms with E-state index in [0.29, 0.717) is 6.42 Å². The molecule has 0 heterocycles. The Bertz CT molecular complexity index is 316. The van der Waals surface area contributed by atoms with E-state index in [0.717, 1.165) is 38.5 Å². The van der Waals surface area contributed by atoms with Crippen LogP contribution in [0.3, 0.4) is 0 Å². The molecule has 2 nitrogen and oxygen atoms in total. The molecule has 0 aromatic rings. The third-order valence-electron chi connectivity index (χ3n) is 3.19. The molecule has 18 heavy (non-hydrogen) atoms. The Kier molecular flexibility index (Phi) is 8.30. The van der Waals surface area contributed by atoms with Gasteiger partial charge in [-0.25, -0.2) is 0 Å². The van der Waals surface area contributed by atoms with E-state index >= 15 is 0 Å². The average molecular weight is 261 g/mol. The van der Waals surface area contributed by atoms with E-state index < -0.39 is 19.2 Å². The summed E-state index contributed by atoms with van der Waals surface area (Å²) in [6.45, 7) is -2.52. The molecule has 0 saturated carbocycles. The van der Waals surface area contributed by atoms with E-state index in [4.69, 9.17) is 12.0 Å². The molecule has 0 saturated heterocycles. The highest BCUT2D eigenvalue weighted by molar-refractivity contribution is 5.66. The molecule has 0 rings (SSSR count). The first kappa shape index (κ1) is 10.3. The van der Waals surface area contributed by atoms with Crippen LogP contribution in [-0.2, 0) is 4.79 Å². The van der Waals surface area contributed by atoms with Crippen LogP contribution in [0.15, 0.2) is 0 Å². The van der Waals surface area contributed by atoms with Crippen LogP contribution in [0, 0.1) is 0 Å². The van der Waals surface area contributed by atoms with Crippen molar-refractivity contribution in [3.63, 3.8) is 0 Å². The number of rotatable bonds is 14. The van der Waals surface area contributed by atoms with Gasteiger partial charge >= 0.3 is 5.97 Å². The summed E-state index contributed by atoms with van der Waals surface area (Å²) in [6.07, 6.45) is 9.61. The molecule has 108 valence electrons. The van der Waals surface area contributed by atoms with E-state index in [9.17, 15) is 4.79 Å². The number of carboxylic acid groups (broad SMARTS) is 1. The molecule has 0 unspecified atom stereocenters. The number of unbranched alkanes of at least 4 members (excludes halogenated alkanes) is 10. The summed E-state index contributed by atoms with van der Waals surface area (Å²) in [5.41, 5.74) is 0. The summed E-state index contributed by atoms with van der Waals surface area (Å²) in [5.74, 6) is -0.711. The Morgan fingerprint density at radius 2 is 1.22 bits per heavy atom. The van der Waals surface area contributed by atoms with Gasteiger partial charge in [-0.3, -0.25) is 4.79 Å². The summed E-state index contributed by atoms with van der Waals surface area (Å²) in [7, 11) is 0. The standard InChI is InChI=1S/C16H32O2/c1-2-3-4-5-6-7-8-9-10-11-12-13-14-15-16(17)18/h2-15H2,1H3,(H,17,18)/i1D3,2D2. The Morgan fingerprint density at radius 3 is 1.61 bits per heavy atom. The van der Waals surface area contributed by atoms with Crippen molar-refractivity contribution >= 4 is 5.97 Å². The maximum absolute atomic E-state index is 10.3. The normalized spacial score (nSPS) is 16.3. The molecule has 0 radical (unpaired) electrons. The van der Waals surface area contributed by atoms with Gasteiger partial charge in [0.05, 0.1) is 0 Å². The summed E-state index contributed by atoms with van der Waals surface area (Å²) in [4.78, 5) is 10.3. The lowest BCUT2D eigenvalue weighted by Crippen LogP contribution is -1.93. The van der Waals surface area contributed by atoms with E-state index in [1.54, 1.807) is 0 Å². The van der Waals surface area contributed by atoms with Crippen LogP contribution in [0.25, 0.3) is 0 Å². The maximum Gasteiger partial charge on any atom is 0.303 e. The van der Waals surface area contributed by atoms with Crippen molar-refractivity contribution in [1.29, 1.82) is 0 Å². The summed E-state index contributed by atoms with van der Waals surface area (Å²) < 4.78 is 36.4. The maximum atomic E-state index is 10.3. The van der Waals surface area contributed by atoms with Gasteiger partial charge in [0.2, 0.25) is 0 Å². The molecule has 0 aliphatic rings. The minimum absolute atomic E-state index is 0.111. The monoisotopic (exact) mass is 261 g/mol. The number of carboxylic acids is 1. The van der Waals surface area contributed by atoms with Crippen molar-refractivity contribution in [2.45, 2.75) is 96.7 Å². The highest BCUT2D eigenvalue weighted by atomic mass is 16.4. The molecule has 0 aliphatic carbocycles. The van der Waals surface area contributed by atoms with Crippen molar-refractivity contribution in [2.24, 2.45) is 0 Å². The van der Waals surface area contributed by atoms with Gasteiger partial charge in [-0.05, 0) is 6.42 Å². The Labute approximate surface area is 120 Å². The Morgan fingerprint density at radius 1 is 0.833 bits per heavy atom. The molecular formula is C16H32O2. The van der Waals surface area contributed by atoms with Crippen molar-refractivity contribution in [2.75, 3.05) is 0 Å². The molecule has 0 aliphatic heterocycles. The minimum atomic E-state index is -2.52. The predicted molar refractivity (Wildman–Crippen MR) is 77.9 cm³/mol. The number of carbonyl (C=O) groups is 1. The third kappa shape index (κ3) is 15.5. The van der Waals surface area contributed by atoms with Crippen molar-refractivity contribution in [1.82, 2.24) is 0 Å². The van der Waals surface area contributed by atoms with Crippen LogP contribution in [0.4, 0.5) is 0 Å². The van der Waals surface area contributed by atoms with Crippen LogP contribution in [-0.4, -0.2) is 11.1 Å².